The van der Waals surface area contributed by atoms with Crippen molar-refractivity contribution >= 4 is 10.0 Å². The van der Waals surface area contributed by atoms with Crippen LogP contribution in [0.4, 0.5) is 0 Å². The average molecular weight is 438 g/mol. The molecule has 2 aromatic carbocycles. The molecule has 6 nitrogen and oxygen atoms in total. The summed E-state index contributed by atoms with van der Waals surface area (Å²) < 4.78 is 30.6. The lowest BCUT2D eigenvalue weighted by Gasteiger charge is -2.20. The molecule has 0 fully saturated rings. The van der Waals surface area contributed by atoms with Gasteiger partial charge in [0.25, 0.3) is 5.56 Å². The minimum Gasteiger partial charge on any atom is -0.268 e. The molecule has 1 atom stereocenters. The minimum atomic E-state index is -3.75. The van der Waals surface area contributed by atoms with Crippen LogP contribution in [-0.2, 0) is 29.9 Å². The molecule has 1 N–H and O–H groups in total. The molecular formula is C24H27N3O3S. The summed E-state index contributed by atoms with van der Waals surface area (Å²) in [5.41, 5.74) is 4.67. The standard InChI is InChI=1S/C24H27N3O3S/c1-16-13-14-19(23-20-11-7-8-12-21(20)24(28)27(3)25-23)15-22(16)31(29,30)26-17(2)18-9-5-4-6-10-18/h4-6,9-10,13-15,17,26H,7-8,11-12H2,1-3H3/t17-/m0/s1. The topological polar surface area (TPSA) is 81.1 Å². The van der Waals surface area contributed by atoms with E-state index in [0.717, 1.165) is 42.4 Å². The van der Waals surface area contributed by atoms with Crippen LogP contribution in [0, 0.1) is 6.92 Å². The number of nitrogens with zero attached hydrogens (tertiary/aromatic N) is 2. The Kier molecular flexibility index (Phi) is 5.81. The number of nitrogens with one attached hydrogen (secondary N) is 1. The van der Waals surface area contributed by atoms with Gasteiger partial charge in [-0.2, -0.15) is 5.10 Å². The Hall–Kier alpha value is -2.77. The first-order valence-electron chi connectivity index (χ1n) is 10.6. The first kappa shape index (κ1) is 21.5. The van der Waals surface area contributed by atoms with E-state index in [2.05, 4.69) is 9.82 Å². The highest BCUT2D eigenvalue weighted by molar-refractivity contribution is 7.89. The number of hydrogen-bond acceptors (Lipinski definition) is 4. The van der Waals surface area contributed by atoms with E-state index in [0.29, 0.717) is 16.8 Å². The predicted molar refractivity (Wildman–Crippen MR) is 121 cm³/mol. The van der Waals surface area contributed by atoms with Gasteiger partial charge < -0.3 is 0 Å². The largest absolute Gasteiger partial charge is 0.269 e. The zero-order chi connectivity index (χ0) is 22.2. The molecule has 0 saturated heterocycles. The number of rotatable bonds is 5. The number of benzene rings is 2. The second-order valence-corrected chi connectivity index (χ2v) is 9.86. The minimum absolute atomic E-state index is 0.0586. The van der Waals surface area contributed by atoms with E-state index < -0.39 is 10.0 Å². The van der Waals surface area contributed by atoms with Crippen LogP contribution < -0.4 is 10.3 Å². The summed E-state index contributed by atoms with van der Waals surface area (Å²) in [6.07, 6.45) is 3.51. The van der Waals surface area contributed by atoms with Crippen molar-refractivity contribution < 1.29 is 8.42 Å². The summed E-state index contributed by atoms with van der Waals surface area (Å²) in [6, 6.07) is 14.5. The molecule has 0 saturated carbocycles. The summed E-state index contributed by atoms with van der Waals surface area (Å²) in [5.74, 6) is 0. The van der Waals surface area contributed by atoms with E-state index in [4.69, 9.17) is 0 Å². The van der Waals surface area contributed by atoms with Crippen molar-refractivity contribution in [1.82, 2.24) is 14.5 Å². The van der Waals surface area contributed by atoms with E-state index in [1.807, 2.05) is 43.3 Å². The van der Waals surface area contributed by atoms with Crippen molar-refractivity contribution in [3.05, 3.63) is 81.1 Å². The summed E-state index contributed by atoms with van der Waals surface area (Å²) in [7, 11) is -2.11. The van der Waals surface area contributed by atoms with E-state index in [1.54, 1.807) is 26.1 Å². The van der Waals surface area contributed by atoms with Gasteiger partial charge in [0.05, 0.1) is 10.6 Å². The Morgan fingerprint density at radius 3 is 2.42 bits per heavy atom. The molecule has 1 heterocycles. The maximum atomic E-state index is 13.2. The molecular weight excluding hydrogens is 410 g/mol. The quantitative estimate of drug-likeness (QED) is 0.660. The van der Waals surface area contributed by atoms with Gasteiger partial charge in [-0.05, 0) is 62.3 Å². The van der Waals surface area contributed by atoms with Gasteiger partial charge in [-0.15, -0.1) is 0 Å². The van der Waals surface area contributed by atoms with E-state index >= 15 is 0 Å². The average Bonchev–Trinajstić information content (AvgIpc) is 2.77. The fourth-order valence-electron chi connectivity index (χ4n) is 4.23. The summed E-state index contributed by atoms with van der Waals surface area (Å²) in [6.45, 7) is 3.62. The summed E-state index contributed by atoms with van der Waals surface area (Å²) in [5, 5.41) is 4.51. The number of hydrogen-bond donors (Lipinski definition) is 1. The van der Waals surface area contributed by atoms with Crippen molar-refractivity contribution in [3.63, 3.8) is 0 Å². The highest BCUT2D eigenvalue weighted by Crippen LogP contribution is 2.31. The van der Waals surface area contributed by atoms with Gasteiger partial charge in [-0.25, -0.2) is 17.8 Å². The Labute approximate surface area is 183 Å². The zero-order valence-electron chi connectivity index (χ0n) is 18.1. The molecule has 0 bridgehead atoms. The van der Waals surface area contributed by atoms with Gasteiger partial charge >= 0.3 is 0 Å². The Balaban J connectivity index is 1.76. The molecule has 1 aliphatic rings. The normalized spacial score (nSPS) is 14.8. The maximum absolute atomic E-state index is 13.2. The van der Waals surface area contributed by atoms with Gasteiger partial charge in [-0.1, -0.05) is 42.5 Å². The van der Waals surface area contributed by atoms with E-state index in [1.165, 1.54) is 4.68 Å². The molecule has 7 heteroatoms. The van der Waals surface area contributed by atoms with Crippen LogP contribution in [-0.4, -0.2) is 18.2 Å². The van der Waals surface area contributed by atoms with Crippen molar-refractivity contribution in [2.75, 3.05) is 0 Å². The van der Waals surface area contributed by atoms with Gasteiger partial charge in [0.1, 0.15) is 0 Å². The monoisotopic (exact) mass is 437 g/mol. The molecule has 3 aromatic rings. The van der Waals surface area contributed by atoms with Crippen molar-refractivity contribution in [2.24, 2.45) is 7.05 Å². The number of sulfonamides is 1. The van der Waals surface area contributed by atoms with E-state index in [9.17, 15) is 13.2 Å². The third-order valence-electron chi connectivity index (χ3n) is 5.94. The third-order valence-corrected chi connectivity index (χ3v) is 7.62. The Bertz CT molecular complexity index is 1280. The fourth-order valence-corrected chi connectivity index (χ4v) is 5.73. The molecule has 0 unspecified atom stereocenters. The molecule has 1 aromatic heterocycles. The van der Waals surface area contributed by atoms with Crippen LogP contribution in [0.1, 0.15) is 48.1 Å². The predicted octanol–water partition coefficient (Wildman–Crippen LogP) is 3.67. The van der Waals surface area contributed by atoms with Crippen molar-refractivity contribution in [3.8, 4) is 11.3 Å². The second-order valence-electron chi connectivity index (χ2n) is 8.18. The zero-order valence-corrected chi connectivity index (χ0v) is 18.9. The fraction of sp³-hybridized carbons (Fsp3) is 0.333. The lowest BCUT2D eigenvalue weighted by atomic mass is 9.89. The number of aromatic nitrogens is 2. The van der Waals surface area contributed by atoms with Crippen LogP contribution in [0.25, 0.3) is 11.3 Å². The van der Waals surface area contributed by atoms with E-state index in [-0.39, 0.29) is 16.5 Å². The molecule has 0 aliphatic heterocycles. The Morgan fingerprint density at radius 1 is 1.03 bits per heavy atom. The molecule has 4 rings (SSSR count). The van der Waals surface area contributed by atoms with Gasteiger partial charge in [-0.3, -0.25) is 4.79 Å². The SMILES string of the molecule is Cc1ccc(-c2nn(C)c(=O)c3c2CCCC3)cc1S(=O)(=O)N[C@@H](C)c1ccccc1. The van der Waals surface area contributed by atoms with Crippen LogP contribution in [0.5, 0.6) is 0 Å². The van der Waals surface area contributed by atoms with Crippen molar-refractivity contribution in [1.29, 1.82) is 0 Å². The van der Waals surface area contributed by atoms with Crippen LogP contribution in [0.15, 0.2) is 58.2 Å². The lowest BCUT2D eigenvalue weighted by Crippen LogP contribution is -2.29. The molecule has 0 amide bonds. The second kappa shape index (κ2) is 8.40. The van der Waals surface area contributed by atoms with Crippen LogP contribution in [0.3, 0.4) is 0 Å². The molecule has 0 spiro atoms. The molecule has 0 radical (unpaired) electrons. The van der Waals surface area contributed by atoms with Crippen LogP contribution >= 0.6 is 0 Å². The Morgan fingerprint density at radius 2 is 1.71 bits per heavy atom. The number of aryl methyl sites for hydroxylation is 2. The molecule has 31 heavy (non-hydrogen) atoms. The maximum Gasteiger partial charge on any atom is 0.269 e. The van der Waals surface area contributed by atoms with Crippen molar-refractivity contribution in [2.45, 2.75) is 50.5 Å². The molecule has 1 aliphatic carbocycles. The van der Waals surface area contributed by atoms with Crippen LogP contribution in [0.2, 0.25) is 0 Å². The lowest BCUT2D eigenvalue weighted by molar-refractivity contribution is 0.566. The summed E-state index contributed by atoms with van der Waals surface area (Å²) >= 11 is 0. The molecule has 162 valence electrons. The van der Waals surface area contributed by atoms with Gasteiger partial charge in [0.2, 0.25) is 10.0 Å². The summed E-state index contributed by atoms with van der Waals surface area (Å²) in [4.78, 5) is 12.8. The van der Waals surface area contributed by atoms with Gasteiger partial charge in [0.15, 0.2) is 0 Å². The van der Waals surface area contributed by atoms with Gasteiger partial charge in [0, 0.05) is 24.2 Å². The number of fused-ring (bicyclic) bond motifs is 1. The first-order chi connectivity index (χ1) is 14.8. The highest BCUT2D eigenvalue weighted by atomic mass is 32.2. The highest BCUT2D eigenvalue weighted by Gasteiger charge is 2.24. The smallest absolute Gasteiger partial charge is 0.268 e. The third kappa shape index (κ3) is 4.20. The first-order valence-corrected chi connectivity index (χ1v) is 12.0.